The number of amides is 3. The summed E-state index contributed by atoms with van der Waals surface area (Å²) >= 11 is 0. The number of hydrogen-bond donors (Lipinski definition) is 2. The zero-order chi connectivity index (χ0) is 29.2. The standard InChI is InChI=1S/C32H43N3O6/c1-32(2,3)41-31(38)35-27(25-17-11-6-12-18-25)19-26(33-29(36)39-21-23-13-7-4-8-14-23)20-28(35)34-30(37)40-22-24-15-9-5-10-16-24/h4-5,7-10,13-16,25-28H,6,11-12,17-22H2,1-3H3,(H,33,36)(H,34,37)/t26-,27-,28+/m0/s1. The Balaban J connectivity index is 1.50. The maximum Gasteiger partial charge on any atom is 0.412 e. The number of rotatable bonds is 7. The summed E-state index contributed by atoms with van der Waals surface area (Å²) in [5, 5.41) is 5.90. The van der Waals surface area contributed by atoms with E-state index < -0.39 is 30.0 Å². The van der Waals surface area contributed by atoms with Crippen LogP contribution in [0, 0.1) is 5.92 Å². The lowest BCUT2D eigenvalue weighted by atomic mass is 9.78. The fourth-order valence-corrected chi connectivity index (χ4v) is 5.71. The molecule has 1 aliphatic heterocycles. The molecule has 1 heterocycles. The van der Waals surface area contributed by atoms with Crippen LogP contribution in [0.1, 0.15) is 76.8 Å². The lowest BCUT2D eigenvalue weighted by molar-refractivity contribution is -0.0307. The molecule has 2 N–H and O–H groups in total. The molecule has 3 atom stereocenters. The number of benzene rings is 2. The largest absolute Gasteiger partial charge is 0.445 e. The lowest BCUT2D eigenvalue weighted by Gasteiger charge is -2.48. The van der Waals surface area contributed by atoms with Gasteiger partial charge in [0, 0.05) is 18.5 Å². The van der Waals surface area contributed by atoms with Crippen molar-refractivity contribution in [2.24, 2.45) is 5.92 Å². The van der Waals surface area contributed by atoms with E-state index in [2.05, 4.69) is 10.6 Å². The molecule has 2 aromatic carbocycles. The van der Waals surface area contributed by atoms with Crippen molar-refractivity contribution in [3.63, 3.8) is 0 Å². The molecule has 222 valence electrons. The highest BCUT2D eigenvalue weighted by Crippen LogP contribution is 2.36. The fraction of sp³-hybridized carbons (Fsp3) is 0.531. The summed E-state index contributed by atoms with van der Waals surface area (Å²) in [4.78, 5) is 41.1. The van der Waals surface area contributed by atoms with E-state index in [0.29, 0.717) is 12.8 Å². The van der Waals surface area contributed by atoms with E-state index in [1.807, 2.05) is 81.4 Å². The summed E-state index contributed by atoms with van der Waals surface area (Å²) in [6.07, 6.45) is 3.73. The lowest BCUT2D eigenvalue weighted by Crippen LogP contribution is -2.64. The highest BCUT2D eigenvalue weighted by Gasteiger charge is 2.45. The van der Waals surface area contributed by atoms with Gasteiger partial charge in [-0.2, -0.15) is 0 Å². The SMILES string of the molecule is CC(C)(C)OC(=O)N1[C@@H](NC(=O)OCc2ccccc2)C[C@@H](NC(=O)OCc2ccccc2)C[C@H]1C1CCCCC1. The van der Waals surface area contributed by atoms with Gasteiger partial charge in [0.15, 0.2) is 0 Å². The van der Waals surface area contributed by atoms with Crippen molar-refractivity contribution in [3.05, 3.63) is 71.8 Å². The number of nitrogens with one attached hydrogen (secondary N) is 2. The molecule has 0 aromatic heterocycles. The van der Waals surface area contributed by atoms with Crippen LogP contribution in [0.2, 0.25) is 0 Å². The van der Waals surface area contributed by atoms with E-state index in [1.54, 1.807) is 4.90 Å². The minimum atomic E-state index is -0.728. The van der Waals surface area contributed by atoms with Gasteiger partial charge in [-0.05, 0) is 57.1 Å². The molecule has 2 fully saturated rings. The Labute approximate surface area is 242 Å². The number of nitrogens with zero attached hydrogens (tertiary/aromatic N) is 1. The van der Waals surface area contributed by atoms with Crippen LogP contribution in [0.3, 0.4) is 0 Å². The third-order valence-corrected chi connectivity index (χ3v) is 7.56. The zero-order valence-electron chi connectivity index (χ0n) is 24.3. The zero-order valence-corrected chi connectivity index (χ0v) is 24.3. The highest BCUT2D eigenvalue weighted by atomic mass is 16.6. The first kappa shape index (κ1) is 30.2. The number of ether oxygens (including phenoxy) is 3. The van der Waals surface area contributed by atoms with Gasteiger partial charge in [0.25, 0.3) is 0 Å². The van der Waals surface area contributed by atoms with Gasteiger partial charge in [-0.3, -0.25) is 4.90 Å². The molecule has 9 heteroatoms. The first-order valence-electron chi connectivity index (χ1n) is 14.6. The van der Waals surface area contributed by atoms with Gasteiger partial charge >= 0.3 is 18.3 Å². The van der Waals surface area contributed by atoms with E-state index in [1.165, 1.54) is 0 Å². The Kier molecular flexibility index (Phi) is 10.5. The molecule has 0 spiro atoms. The average molecular weight is 566 g/mol. The van der Waals surface area contributed by atoms with Crippen LogP contribution in [0.5, 0.6) is 0 Å². The number of piperidine rings is 1. The van der Waals surface area contributed by atoms with E-state index in [0.717, 1.165) is 43.2 Å². The molecule has 1 aliphatic carbocycles. The van der Waals surface area contributed by atoms with E-state index in [4.69, 9.17) is 14.2 Å². The van der Waals surface area contributed by atoms with Crippen LogP contribution in [0.15, 0.2) is 60.7 Å². The van der Waals surface area contributed by atoms with E-state index in [9.17, 15) is 14.4 Å². The predicted octanol–water partition coefficient (Wildman–Crippen LogP) is 6.51. The molecule has 1 saturated carbocycles. The molecule has 0 bridgehead atoms. The molecule has 0 radical (unpaired) electrons. The third-order valence-electron chi connectivity index (χ3n) is 7.56. The van der Waals surface area contributed by atoms with Gasteiger partial charge < -0.3 is 24.8 Å². The van der Waals surface area contributed by atoms with Crippen molar-refractivity contribution in [1.29, 1.82) is 0 Å². The van der Waals surface area contributed by atoms with Crippen LogP contribution < -0.4 is 10.6 Å². The van der Waals surface area contributed by atoms with Crippen molar-refractivity contribution in [3.8, 4) is 0 Å². The monoisotopic (exact) mass is 565 g/mol. The molecule has 3 amide bonds. The van der Waals surface area contributed by atoms with Gasteiger partial charge in [-0.25, -0.2) is 14.4 Å². The van der Waals surface area contributed by atoms with Gasteiger partial charge in [0.1, 0.15) is 25.0 Å². The van der Waals surface area contributed by atoms with Crippen LogP contribution in [-0.4, -0.2) is 47.0 Å². The van der Waals surface area contributed by atoms with Crippen molar-refractivity contribution in [1.82, 2.24) is 15.5 Å². The topological polar surface area (TPSA) is 106 Å². The van der Waals surface area contributed by atoms with Crippen LogP contribution in [0.25, 0.3) is 0 Å². The molecule has 1 saturated heterocycles. The maximum absolute atomic E-state index is 13.6. The summed E-state index contributed by atoms with van der Waals surface area (Å²) in [5.41, 5.74) is 1.04. The number of carbonyl (C=O) groups excluding carboxylic acids is 3. The molecule has 9 nitrogen and oxygen atoms in total. The summed E-state index contributed by atoms with van der Waals surface area (Å²) < 4.78 is 16.8. The normalized spacial score (nSPS) is 21.4. The summed E-state index contributed by atoms with van der Waals surface area (Å²) in [7, 11) is 0. The van der Waals surface area contributed by atoms with Gasteiger partial charge in [-0.15, -0.1) is 0 Å². The minimum Gasteiger partial charge on any atom is -0.445 e. The molecular formula is C32H43N3O6. The molecule has 41 heavy (non-hydrogen) atoms. The van der Waals surface area contributed by atoms with Crippen LogP contribution in [-0.2, 0) is 27.4 Å². The van der Waals surface area contributed by atoms with Crippen LogP contribution in [0.4, 0.5) is 14.4 Å². The number of hydrogen-bond acceptors (Lipinski definition) is 6. The molecule has 2 aliphatic rings. The van der Waals surface area contributed by atoms with Gasteiger partial charge in [-0.1, -0.05) is 79.9 Å². The fourth-order valence-electron chi connectivity index (χ4n) is 5.71. The second kappa shape index (κ2) is 14.2. The Morgan fingerprint density at radius 3 is 1.85 bits per heavy atom. The minimum absolute atomic E-state index is 0.103. The highest BCUT2D eigenvalue weighted by molar-refractivity contribution is 5.72. The number of carbonyl (C=O) groups is 3. The molecular weight excluding hydrogens is 522 g/mol. The number of alkyl carbamates (subject to hydrolysis) is 2. The van der Waals surface area contributed by atoms with Crippen LogP contribution >= 0.6 is 0 Å². The Bertz CT molecular complexity index is 1130. The second-order valence-electron chi connectivity index (χ2n) is 11.9. The first-order chi connectivity index (χ1) is 19.7. The Morgan fingerprint density at radius 2 is 1.32 bits per heavy atom. The molecule has 2 aromatic rings. The summed E-state index contributed by atoms with van der Waals surface area (Å²) in [5.74, 6) is 0.228. The number of likely N-dealkylation sites (tertiary alicyclic amines) is 1. The maximum atomic E-state index is 13.6. The molecule has 4 rings (SSSR count). The van der Waals surface area contributed by atoms with Gasteiger partial charge in [0.05, 0.1) is 0 Å². The van der Waals surface area contributed by atoms with Gasteiger partial charge in [0.2, 0.25) is 0 Å². The average Bonchev–Trinajstić information content (AvgIpc) is 2.95. The van der Waals surface area contributed by atoms with Crippen molar-refractivity contribution in [2.45, 2.75) is 103 Å². The Hall–Kier alpha value is -3.75. The van der Waals surface area contributed by atoms with E-state index in [-0.39, 0.29) is 31.2 Å². The van der Waals surface area contributed by atoms with Crippen molar-refractivity contribution >= 4 is 18.3 Å². The Morgan fingerprint density at radius 1 is 0.780 bits per heavy atom. The quantitative estimate of drug-likeness (QED) is 0.371. The summed E-state index contributed by atoms with van der Waals surface area (Å²) in [6.45, 7) is 5.74. The predicted molar refractivity (Wildman–Crippen MR) is 155 cm³/mol. The second-order valence-corrected chi connectivity index (χ2v) is 11.9. The smallest absolute Gasteiger partial charge is 0.412 e. The summed E-state index contributed by atoms with van der Waals surface area (Å²) in [6, 6.07) is 18.4. The van der Waals surface area contributed by atoms with Crippen molar-refractivity contribution < 1.29 is 28.6 Å². The third kappa shape index (κ3) is 9.40. The van der Waals surface area contributed by atoms with Crippen molar-refractivity contribution in [2.75, 3.05) is 0 Å². The molecule has 0 unspecified atom stereocenters. The van der Waals surface area contributed by atoms with E-state index >= 15 is 0 Å². The first-order valence-corrected chi connectivity index (χ1v) is 14.6.